The molecule has 9 heteroatoms. The number of pyridine rings is 1. The predicted octanol–water partition coefficient (Wildman–Crippen LogP) is 2.64. The highest BCUT2D eigenvalue weighted by molar-refractivity contribution is 5.94. The lowest BCUT2D eigenvalue weighted by Crippen LogP contribution is -2.30. The van der Waals surface area contributed by atoms with Crippen LogP contribution >= 0.6 is 0 Å². The van der Waals surface area contributed by atoms with Crippen molar-refractivity contribution < 1.29 is 9.21 Å². The highest BCUT2D eigenvalue weighted by atomic mass is 16.3. The second-order valence-electron chi connectivity index (χ2n) is 7.02. The molecule has 0 saturated heterocycles. The highest BCUT2D eigenvalue weighted by Gasteiger charge is 2.17. The minimum absolute atomic E-state index is 0.00983. The van der Waals surface area contributed by atoms with Crippen molar-refractivity contribution in [2.45, 2.75) is 12.8 Å². The number of nitrogens with one attached hydrogen (secondary N) is 2. The fourth-order valence-corrected chi connectivity index (χ4v) is 3.32. The number of carbonyl (C=O) groups excluding carboxylic acids is 1. The van der Waals surface area contributed by atoms with Gasteiger partial charge in [0.15, 0.2) is 0 Å². The zero-order valence-corrected chi connectivity index (χ0v) is 17.0. The summed E-state index contributed by atoms with van der Waals surface area (Å²) in [7, 11) is 0. The van der Waals surface area contributed by atoms with Gasteiger partial charge in [-0.1, -0.05) is 18.2 Å². The largest absolute Gasteiger partial charge is 0.463 e. The first-order valence-electron chi connectivity index (χ1n) is 9.96. The predicted molar refractivity (Wildman–Crippen MR) is 118 cm³/mol. The van der Waals surface area contributed by atoms with E-state index in [1.54, 1.807) is 18.2 Å². The summed E-state index contributed by atoms with van der Waals surface area (Å²) in [5, 5.41) is 16.7. The van der Waals surface area contributed by atoms with E-state index in [1.807, 2.05) is 30.3 Å². The number of carbonyl (C=O) groups is 1. The lowest BCUT2D eigenvalue weighted by atomic mass is 10.1. The number of anilines is 1. The van der Waals surface area contributed by atoms with Crippen LogP contribution in [0.15, 0.2) is 70.1 Å². The maximum absolute atomic E-state index is 12.4. The summed E-state index contributed by atoms with van der Waals surface area (Å²) in [5.74, 6) is 0.310. The minimum atomic E-state index is -0.502. The molecule has 3 aromatic heterocycles. The molecule has 0 saturated carbocycles. The topological polar surface area (TPSA) is 143 Å². The van der Waals surface area contributed by atoms with Gasteiger partial charge < -0.3 is 20.5 Å². The van der Waals surface area contributed by atoms with E-state index in [-0.39, 0.29) is 11.4 Å². The monoisotopic (exact) mass is 428 g/mol. The zero-order valence-electron chi connectivity index (χ0n) is 17.0. The number of nitrogens with zero attached hydrogens (tertiary/aromatic N) is 3. The maximum atomic E-state index is 12.4. The third kappa shape index (κ3) is 4.15. The fourth-order valence-electron chi connectivity index (χ4n) is 3.32. The third-order valence-corrected chi connectivity index (χ3v) is 4.92. The molecule has 3 heterocycles. The molecular formula is C23H20N6O3. The first kappa shape index (κ1) is 20.7. The van der Waals surface area contributed by atoms with Gasteiger partial charge in [-0.15, -0.1) is 0 Å². The lowest BCUT2D eigenvalue weighted by molar-refractivity contribution is 0.0951. The Labute approximate surface area is 183 Å². The fraction of sp³-hybridized carbons (Fsp3) is 0.130. The molecule has 160 valence electrons. The SMILES string of the molecule is N#Cc1c(CCCNC(=O)c2ccc(-c3ccco3)[nH]c2=O)nn(-c2ccccc2)c1N. The second kappa shape index (κ2) is 9.06. The lowest BCUT2D eigenvalue weighted by Gasteiger charge is -2.05. The average Bonchev–Trinajstić information content (AvgIpc) is 3.45. The molecule has 0 fully saturated rings. The minimum Gasteiger partial charge on any atom is -0.463 e. The number of hydrogen-bond donors (Lipinski definition) is 3. The molecule has 0 aliphatic carbocycles. The van der Waals surface area contributed by atoms with Crippen LogP contribution in [0.5, 0.6) is 0 Å². The van der Waals surface area contributed by atoms with E-state index < -0.39 is 11.5 Å². The van der Waals surface area contributed by atoms with Gasteiger partial charge in [-0.25, -0.2) is 4.68 Å². The second-order valence-corrected chi connectivity index (χ2v) is 7.02. The molecule has 0 aliphatic heterocycles. The van der Waals surface area contributed by atoms with Gasteiger partial charge >= 0.3 is 0 Å². The van der Waals surface area contributed by atoms with Crippen molar-refractivity contribution in [1.29, 1.82) is 5.26 Å². The number of aromatic amines is 1. The van der Waals surface area contributed by atoms with E-state index in [0.29, 0.717) is 42.1 Å². The van der Waals surface area contributed by atoms with E-state index in [0.717, 1.165) is 5.69 Å². The molecule has 4 aromatic rings. The Morgan fingerprint density at radius 3 is 2.69 bits per heavy atom. The first-order chi connectivity index (χ1) is 15.6. The number of nitriles is 1. The number of aromatic nitrogens is 3. The first-order valence-corrected chi connectivity index (χ1v) is 9.96. The number of hydrogen-bond acceptors (Lipinski definition) is 6. The standard InChI is InChI=1S/C23H20N6O3/c24-14-17-18(28-29(21(17)25)15-6-2-1-3-7-15)8-4-12-26-22(30)16-10-11-19(27-23(16)31)20-9-5-13-32-20/h1-3,5-7,9-11,13H,4,8,12,25H2,(H,26,30)(H,27,31). The van der Waals surface area contributed by atoms with Gasteiger partial charge in [0, 0.05) is 6.54 Å². The Kier molecular flexibility index (Phi) is 5.85. The average molecular weight is 428 g/mol. The molecule has 4 N–H and O–H groups in total. The quantitative estimate of drug-likeness (QED) is 0.386. The molecule has 0 bridgehead atoms. The Balaban J connectivity index is 1.38. The molecule has 0 radical (unpaired) electrons. The summed E-state index contributed by atoms with van der Waals surface area (Å²) in [6, 6.07) is 17.9. The van der Waals surface area contributed by atoms with Crippen molar-refractivity contribution in [1.82, 2.24) is 20.1 Å². The molecule has 9 nitrogen and oxygen atoms in total. The van der Waals surface area contributed by atoms with Gasteiger partial charge in [0.05, 0.1) is 23.3 Å². The van der Waals surface area contributed by atoms with E-state index in [9.17, 15) is 14.9 Å². The van der Waals surface area contributed by atoms with Gasteiger partial charge in [-0.2, -0.15) is 10.4 Å². The van der Waals surface area contributed by atoms with E-state index >= 15 is 0 Å². The molecular weight excluding hydrogens is 408 g/mol. The van der Waals surface area contributed by atoms with Crippen LogP contribution in [0.2, 0.25) is 0 Å². The molecule has 0 aliphatic rings. The number of benzene rings is 1. The summed E-state index contributed by atoms with van der Waals surface area (Å²) in [4.78, 5) is 27.3. The zero-order chi connectivity index (χ0) is 22.5. The summed E-state index contributed by atoms with van der Waals surface area (Å²) in [5.41, 5.74) is 7.75. The summed E-state index contributed by atoms with van der Waals surface area (Å²) in [6.07, 6.45) is 2.47. The number of nitrogens with two attached hydrogens (primary N) is 1. The van der Waals surface area contributed by atoms with E-state index in [2.05, 4.69) is 21.5 Å². The van der Waals surface area contributed by atoms with E-state index in [1.165, 1.54) is 17.0 Å². The van der Waals surface area contributed by atoms with Gasteiger partial charge in [0.2, 0.25) is 0 Å². The molecule has 4 rings (SSSR count). The molecule has 0 unspecified atom stereocenters. The Morgan fingerprint density at radius 2 is 2.00 bits per heavy atom. The van der Waals surface area contributed by atoms with Crippen molar-refractivity contribution in [2.75, 3.05) is 12.3 Å². The van der Waals surface area contributed by atoms with E-state index in [4.69, 9.17) is 10.2 Å². The number of furan rings is 1. The Morgan fingerprint density at radius 1 is 1.19 bits per heavy atom. The Bertz CT molecular complexity index is 1330. The number of rotatable bonds is 7. The van der Waals surface area contributed by atoms with Crippen LogP contribution in [0.25, 0.3) is 17.1 Å². The van der Waals surface area contributed by atoms with Crippen molar-refractivity contribution in [2.24, 2.45) is 0 Å². The van der Waals surface area contributed by atoms with Crippen LogP contribution in [0.1, 0.15) is 28.0 Å². The number of aryl methyl sites for hydroxylation is 1. The van der Waals surface area contributed by atoms with Crippen LogP contribution in [-0.2, 0) is 6.42 Å². The molecule has 32 heavy (non-hydrogen) atoms. The van der Waals surface area contributed by atoms with Crippen LogP contribution in [0.4, 0.5) is 5.82 Å². The number of nitrogen functional groups attached to an aromatic ring is 1. The number of H-pyrrole nitrogens is 1. The van der Waals surface area contributed by atoms with Gasteiger partial charge in [0.25, 0.3) is 11.5 Å². The van der Waals surface area contributed by atoms with Gasteiger partial charge in [-0.05, 0) is 49.2 Å². The van der Waals surface area contributed by atoms with Crippen molar-refractivity contribution in [3.8, 4) is 23.2 Å². The van der Waals surface area contributed by atoms with Crippen molar-refractivity contribution >= 4 is 11.7 Å². The smallest absolute Gasteiger partial charge is 0.261 e. The van der Waals surface area contributed by atoms with Crippen LogP contribution < -0.4 is 16.6 Å². The van der Waals surface area contributed by atoms with Crippen molar-refractivity contribution in [3.63, 3.8) is 0 Å². The summed E-state index contributed by atoms with van der Waals surface area (Å²) >= 11 is 0. The normalized spacial score (nSPS) is 10.6. The summed E-state index contributed by atoms with van der Waals surface area (Å²) in [6.45, 7) is 0.307. The number of amides is 1. The molecule has 1 aromatic carbocycles. The van der Waals surface area contributed by atoms with Crippen molar-refractivity contribution in [3.05, 3.63) is 88.0 Å². The highest BCUT2D eigenvalue weighted by Crippen LogP contribution is 2.21. The van der Waals surface area contributed by atoms with Crippen LogP contribution in [0, 0.1) is 11.3 Å². The molecule has 0 spiro atoms. The Hall–Kier alpha value is -4.58. The third-order valence-electron chi connectivity index (χ3n) is 4.92. The molecule has 1 amide bonds. The van der Waals surface area contributed by atoms with Gasteiger partial charge in [-0.3, -0.25) is 9.59 Å². The van der Waals surface area contributed by atoms with Gasteiger partial charge in [0.1, 0.15) is 28.8 Å². The molecule has 0 atom stereocenters. The summed E-state index contributed by atoms with van der Waals surface area (Å²) < 4.78 is 6.78. The van der Waals surface area contributed by atoms with Crippen LogP contribution in [-0.4, -0.2) is 27.2 Å². The maximum Gasteiger partial charge on any atom is 0.261 e. The van der Waals surface area contributed by atoms with Crippen LogP contribution in [0.3, 0.4) is 0 Å². The number of para-hydroxylation sites is 1.